The summed E-state index contributed by atoms with van der Waals surface area (Å²) in [4.78, 5) is 24.5. The maximum absolute atomic E-state index is 12.5. The van der Waals surface area contributed by atoms with Gasteiger partial charge in [0.05, 0.1) is 28.9 Å². The van der Waals surface area contributed by atoms with Gasteiger partial charge in [-0.15, -0.1) is 0 Å². The number of carbonyl (C=O) groups excluding carboxylic acids is 1. The Balaban J connectivity index is 1.37. The first kappa shape index (κ1) is 17.4. The summed E-state index contributed by atoms with van der Waals surface area (Å²) < 4.78 is 1.88. The Kier molecular flexibility index (Phi) is 4.20. The number of aromatic amines is 1. The lowest BCUT2D eigenvalue weighted by atomic mass is 9.93. The van der Waals surface area contributed by atoms with E-state index in [-0.39, 0.29) is 11.5 Å². The van der Waals surface area contributed by atoms with Gasteiger partial charge in [0, 0.05) is 22.8 Å². The van der Waals surface area contributed by atoms with Crippen molar-refractivity contribution in [2.75, 3.05) is 5.32 Å². The van der Waals surface area contributed by atoms with Crippen LogP contribution in [0.5, 0.6) is 0 Å². The number of aromatic nitrogens is 4. The number of H-pyrrole nitrogens is 1. The van der Waals surface area contributed by atoms with E-state index >= 15 is 0 Å². The van der Waals surface area contributed by atoms with Gasteiger partial charge in [-0.25, -0.2) is 5.10 Å². The lowest BCUT2D eigenvalue weighted by molar-refractivity contribution is 0.102. The van der Waals surface area contributed by atoms with Crippen LogP contribution in [0.15, 0.2) is 65.7 Å². The molecule has 7 nitrogen and oxygen atoms in total. The zero-order valence-electron chi connectivity index (χ0n) is 15.6. The highest BCUT2D eigenvalue weighted by Crippen LogP contribution is 2.31. The van der Waals surface area contributed by atoms with E-state index in [4.69, 9.17) is 0 Å². The summed E-state index contributed by atoms with van der Waals surface area (Å²) in [6, 6.07) is 15.2. The summed E-state index contributed by atoms with van der Waals surface area (Å²) >= 11 is 0. The molecule has 4 aromatic rings. The second-order valence-corrected chi connectivity index (χ2v) is 7.27. The molecule has 7 heteroatoms. The van der Waals surface area contributed by atoms with Crippen molar-refractivity contribution in [1.29, 1.82) is 0 Å². The summed E-state index contributed by atoms with van der Waals surface area (Å²) in [5.74, 6) is -0.184. The van der Waals surface area contributed by atoms with Gasteiger partial charge in [0.25, 0.3) is 11.5 Å². The van der Waals surface area contributed by atoms with Gasteiger partial charge in [-0.3, -0.25) is 14.3 Å². The van der Waals surface area contributed by atoms with E-state index in [0.29, 0.717) is 28.4 Å². The molecule has 5 rings (SSSR count). The zero-order chi connectivity index (χ0) is 19.8. The first-order valence-electron chi connectivity index (χ1n) is 9.62. The van der Waals surface area contributed by atoms with E-state index in [1.165, 1.54) is 6.42 Å². The number of amides is 1. The molecule has 1 aliphatic rings. The average molecular weight is 385 g/mol. The second-order valence-electron chi connectivity index (χ2n) is 7.27. The highest BCUT2D eigenvalue weighted by molar-refractivity contribution is 6.04. The van der Waals surface area contributed by atoms with Crippen molar-refractivity contribution in [2.45, 2.75) is 25.3 Å². The van der Waals surface area contributed by atoms with Crippen molar-refractivity contribution in [1.82, 2.24) is 20.0 Å². The highest BCUT2D eigenvalue weighted by Gasteiger charge is 2.21. The van der Waals surface area contributed by atoms with Crippen molar-refractivity contribution < 1.29 is 4.79 Å². The minimum Gasteiger partial charge on any atom is -0.322 e. The van der Waals surface area contributed by atoms with Gasteiger partial charge in [-0.1, -0.05) is 30.3 Å². The van der Waals surface area contributed by atoms with Crippen molar-refractivity contribution in [2.24, 2.45) is 0 Å². The highest BCUT2D eigenvalue weighted by atomic mass is 16.1. The Morgan fingerprint density at radius 1 is 1.07 bits per heavy atom. The van der Waals surface area contributed by atoms with Crippen molar-refractivity contribution in [3.05, 3.63) is 76.8 Å². The third kappa shape index (κ3) is 3.20. The molecule has 144 valence electrons. The summed E-state index contributed by atoms with van der Waals surface area (Å²) in [6.07, 6.45) is 6.88. The Morgan fingerprint density at radius 2 is 1.83 bits per heavy atom. The van der Waals surface area contributed by atoms with Gasteiger partial charge in [-0.2, -0.15) is 10.2 Å². The lowest BCUT2D eigenvalue weighted by Gasteiger charge is -2.25. The molecule has 0 saturated heterocycles. The van der Waals surface area contributed by atoms with Gasteiger partial charge >= 0.3 is 0 Å². The third-order valence-electron chi connectivity index (χ3n) is 5.42. The first-order valence-corrected chi connectivity index (χ1v) is 9.62. The first-order chi connectivity index (χ1) is 14.2. The molecule has 0 bridgehead atoms. The standard InChI is InChI=1S/C22H19N5O2/c28-21(15-12-23-27(13-15)17-4-3-5-17)24-16-10-8-14(9-11-16)20-18-6-1-2-7-19(18)22(29)26-25-20/h1-2,6-13,17H,3-5H2,(H,24,28)(H,26,29). The fourth-order valence-corrected chi connectivity index (χ4v) is 3.56. The molecule has 2 N–H and O–H groups in total. The van der Waals surface area contributed by atoms with E-state index in [1.54, 1.807) is 12.3 Å². The zero-order valence-corrected chi connectivity index (χ0v) is 15.6. The number of hydrogen-bond donors (Lipinski definition) is 2. The minimum atomic E-state index is -0.212. The minimum absolute atomic E-state index is 0.184. The molecule has 0 aliphatic heterocycles. The Morgan fingerprint density at radius 3 is 2.55 bits per heavy atom. The van der Waals surface area contributed by atoms with Gasteiger partial charge in [0.2, 0.25) is 0 Å². The number of fused-ring (bicyclic) bond motifs is 1. The summed E-state index contributed by atoms with van der Waals surface area (Å²) in [5, 5.41) is 15.4. The maximum Gasteiger partial charge on any atom is 0.272 e. The van der Waals surface area contributed by atoms with E-state index in [1.807, 2.05) is 53.3 Å². The predicted molar refractivity (Wildman–Crippen MR) is 111 cm³/mol. The van der Waals surface area contributed by atoms with E-state index in [2.05, 4.69) is 20.6 Å². The fraction of sp³-hybridized carbons (Fsp3) is 0.182. The number of nitrogens with one attached hydrogen (secondary N) is 2. The average Bonchev–Trinajstić information content (AvgIpc) is 3.18. The topological polar surface area (TPSA) is 92.7 Å². The third-order valence-corrected chi connectivity index (χ3v) is 5.42. The smallest absolute Gasteiger partial charge is 0.272 e. The molecule has 29 heavy (non-hydrogen) atoms. The summed E-state index contributed by atoms with van der Waals surface area (Å²) in [6.45, 7) is 0. The molecule has 0 atom stereocenters. The van der Waals surface area contributed by atoms with Crippen LogP contribution in [0.1, 0.15) is 35.7 Å². The molecule has 1 amide bonds. The van der Waals surface area contributed by atoms with Crippen LogP contribution in [0.4, 0.5) is 5.69 Å². The Bertz CT molecular complexity index is 1250. The molecule has 1 aliphatic carbocycles. The molecule has 2 aromatic carbocycles. The molecule has 1 fully saturated rings. The van der Waals surface area contributed by atoms with Crippen LogP contribution in [0.3, 0.4) is 0 Å². The number of rotatable bonds is 4. The largest absolute Gasteiger partial charge is 0.322 e. The quantitative estimate of drug-likeness (QED) is 0.559. The van der Waals surface area contributed by atoms with E-state index < -0.39 is 0 Å². The van der Waals surface area contributed by atoms with Crippen molar-refractivity contribution in [3.63, 3.8) is 0 Å². The van der Waals surface area contributed by atoms with E-state index in [0.717, 1.165) is 23.8 Å². The monoisotopic (exact) mass is 385 g/mol. The van der Waals surface area contributed by atoms with Gasteiger partial charge in [0.1, 0.15) is 0 Å². The van der Waals surface area contributed by atoms with Crippen LogP contribution >= 0.6 is 0 Å². The van der Waals surface area contributed by atoms with Crippen LogP contribution < -0.4 is 10.9 Å². The fourth-order valence-electron chi connectivity index (χ4n) is 3.56. The number of hydrogen-bond acceptors (Lipinski definition) is 4. The molecule has 0 spiro atoms. The van der Waals surface area contributed by atoms with Crippen LogP contribution in [0.25, 0.3) is 22.0 Å². The molecule has 1 saturated carbocycles. The molecule has 2 heterocycles. The molecular formula is C22H19N5O2. The van der Waals surface area contributed by atoms with Gasteiger partial charge < -0.3 is 5.32 Å². The van der Waals surface area contributed by atoms with Crippen LogP contribution in [-0.2, 0) is 0 Å². The van der Waals surface area contributed by atoms with Gasteiger partial charge in [0.15, 0.2) is 0 Å². The van der Waals surface area contributed by atoms with Crippen LogP contribution in [-0.4, -0.2) is 25.9 Å². The SMILES string of the molecule is O=C(Nc1ccc(-c2n[nH]c(=O)c3ccccc23)cc1)c1cnn(C2CCC2)c1. The summed E-state index contributed by atoms with van der Waals surface area (Å²) in [5.41, 5.74) is 2.57. The van der Waals surface area contributed by atoms with Crippen LogP contribution in [0.2, 0.25) is 0 Å². The molecule has 0 radical (unpaired) electrons. The lowest BCUT2D eigenvalue weighted by Crippen LogP contribution is -2.17. The molecule has 2 aromatic heterocycles. The second kappa shape index (κ2) is 7.01. The van der Waals surface area contributed by atoms with Crippen molar-refractivity contribution >= 4 is 22.4 Å². The molecular weight excluding hydrogens is 366 g/mol. The number of nitrogens with zero attached hydrogens (tertiary/aromatic N) is 3. The van der Waals surface area contributed by atoms with Crippen LogP contribution in [0, 0.1) is 0 Å². The normalized spacial score (nSPS) is 13.9. The van der Waals surface area contributed by atoms with E-state index in [9.17, 15) is 9.59 Å². The summed E-state index contributed by atoms with van der Waals surface area (Å²) in [7, 11) is 0. The predicted octanol–water partition coefficient (Wildman–Crippen LogP) is 3.76. The number of anilines is 1. The molecule has 0 unspecified atom stereocenters. The number of carbonyl (C=O) groups is 1. The Hall–Kier alpha value is -3.74. The number of benzene rings is 2. The Labute approximate surface area is 166 Å². The maximum atomic E-state index is 12.5. The van der Waals surface area contributed by atoms with Gasteiger partial charge in [-0.05, 0) is 37.5 Å². The van der Waals surface area contributed by atoms with Crippen molar-refractivity contribution in [3.8, 4) is 11.3 Å².